The lowest BCUT2D eigenvalue weighted by atomic mass is 9.77. The average molecular weight is 276 g/mol. The summed E-state index contributed by atoms with van der Waals surface area (Å²) in [5, 5.41) is 10.3. The lowest BCUT2D eigenvalue weighted by molar-refractivity contribution is -0.134. The Labute approximate surface area is 120 Å². The van der Waals surface area contributed by atoms with E-state index in [2.05, 4.69) is 15.5 Å². The van der Waals surface area contributed by atoms with Gasteiger partial charge >= 0.3 is 0 Å². The van der Waals surface area contributed by atoms with Crippen molar-refractivity contribution >= 4 is 5.91 Å². The SMILES string of the molecule is CN(Cc1cn[nH]c1)C(=O)C1CCC2CCCCC2N1. The molecule has 20 heavy (non-hydrogen) atoms. The van der Waals surface area contributed by atoms with E-state index in [0.29, 0.717) is 12.6 Å². The van der Waals surface area contributed by atoms with Crippen molar-refractivity contribution in [1.82, 2.24) is 20.4 Å². The van der Waals surface area contributed by atoms with Crippen molar-refractivity contribution in [3.8, 4) is 0 Å². The van der Waals surface area contributed by atoms with Gasteiger partial charge in [-0.05, 0) is 31.6 Å². The molecule has 5 nitrogen and oxygen atoms in total. The molecule has 1 amide bonds. The molecule has 2 fully saturated rings. The van der Waals surface area contributed by atoms with Gasteiger partial charge in [-0.25, -0.2) is 0 Å². The van der Waals surface area contributed by atoms with Crippen molar-refractivity contribution in [3.63, 3.8) is 0 Å². The monoisotopic (exact) mass is 276 g/mol. The summed E-state index contributed by atoms with van der Waals surface area (Å²) in [6, 6.07) is 0.569. The van der Waals surface area contributed by atoms with Crippen molar-refractivity contribution in [2.45, 2.75) is 57.2 Å². The zero-order valence-corrected chi connectivity index (χ0v) is 12.1. The summed E-state index contributed by atoms with van der Waals surface area (Å²) in [5.41, 5.74) is 1.05. The molecule has 1 aliphatic carbocycles. The molecule has 1 aromatic rings. The first-order chi connectivity index (χ1) is 9.74. The van der Waals surface area contributed by atoms with Crippen LogP contribution in [0.25, 0.3) is 0 Å². The fourth-order valence-corrected chi connectivity index (χ4v) is 3.67. The molecular formula is C15H24N4O. The summed E-state index contributed by atoms with van der Waals surface area (Å²) in [6.45, 7) is 0.627. The van der Waals surface area contributed by atoms with Gasteiger partial charge in [-0.3, -0.25) is 9.89 Å². The van der Waals surface area contributed by atoms with Crippen LogP contribution in [-0.2, 0) is 11.3 Å². The number of H-pyrrole nitrogens is 1. The fourth-order valence-electron chi connectivity index (χ4n) is 3.67. The number of carbonyl (C=O) groups is 1. The highest BCUT2D eigenvalue weighted by Gasteiger charge is 2.35. The van der Waals surface area contributed by atoms with Gasteiger partial charge in [0, 0.05) is 31.4 Å². The molecule has 2 aliphatic rings. The number of hydrogen-bond donors (Lipinski definition) is 2. The average Bonchev–Trinajstić information content (AvgIpc) is 2.99. The number of amides is 1. The number of carbonyl (C=O) groups excluding carboxylic acids is 1. The van der Waals surface area contributed by atoms with Crippen LogP contribution in [0, 0.1) is 5.92 Å². The molecule has 1 saturated carbocycles. The molecule has 5 heteroatoms. The fraction of sp³-hybridized carbons (Fsp3) is 0.733. The smallest absolute Gasteiger partial charge is 0.239 e. The number of aromatic nitrogens is 2. The third kappa shape index (κ3) is 2.87. The van der Waals surface area contributed by atoms with Crippen molar-refractivity contribution < 1.29 is 4.79 Å². The second kappa shape index (κ2) is 5.95. The Hall–Kier alpha value is -1.36. The highest BCUT2D eigenvalue weighted by atomic mass is 16.2. The topological polar surface area (TPSA) is 61.0 Å². The molecule has 2 N–H and O–H groups in total. The van der Waals surface area contributed by atoms with Gasteiger partial charge < -0.3 is 10.2 Å². The van der Waals surface area contributed by atoms with Crippen LogP contribution in [-0.4, -0.2) is 40.1 Å². The summed E-state index contributed by atoms with van der Waals surface area (Å²) in [6.07, 6.45) is 11.0. The van der Waals surface area contributed by atoms with Gasteiger partial charge in [0.15, 0.2) is 0 Å². The van der Waals surface area contributed by atoms with Crippen molar-refractivity contribution in [3.05, 3.63) is 18.0 Å². The first-order valence-electron chi connectivity index (χ1n) is 7.72. The van der Waals surface area contributed by atoms with Gasteiger partial charge in [0.1, 0.15) is 0 Å². The first-order valence-corrected chi connectivity index (χ1v) is 7.72. The first kappa shape index (κ1) is 13.6. The van der Waals surface area contributed by atoms with E-state index >= 15 is 0 Å². The maximum atomic E-state index is 12.5. The minimum atomic E-state index is 0.00579. The van der Waals surface area contributed by atoms with Gasteiger partial charge in [-0.1, -0.05) is 12.8 Å². The number of nitrogens with zero attached hydrogens (tertiary/aromatic N) is 2. The zero-order valence-electron chi connectivity index (χ0n) is 12.1. The maximum Gasteiger partial charge on any atom is 0.239 e. The Morgan fingerprint density at radius 1 is 1.35 bits per heavy atom. The van der Waals surface area contributed by atoms with Gasteiger partial charge in [0.05, 0.1) is 12.2 Å². The van der Waals surface area contributed by atoms with Gasteiger partial charge in [-0.15, -0.1) is 0 Å². The van der Waals surface area contributed by atoms with Crippen molar-refractivity contribution in [1.29, 1.82) is 0 Å². The molecule has 3 atom stereocenters. The number of piperidine rings is 1. The van der Waals surface area contributed by atoms with Crippen LogP contribution < -0.4 is 5.32 Å². The predicted molar refractivity (Wildman–Crippen MR) is 77.0 cm³/mol. The minimum absolute atomic E-state index is 0.00579. The van der Waals surface area contributed by atoms with E-state index in [0.717, 1.165) is 17.9 Å². The summed E-state index contributed by atoms with van der Waals surface area (Å²) in [4.78, 5) is 14.3. The molecular weight excluding hydrogens is 252 g/mol. The highest BCUT2D eigenvalue weighted by Crippen LogP contribution is 2.32. The van der Waals surface area contributed by atoms with E-state index in [1.165, 1.54) is 32.1 Å². The lowest BCUT2D eigenvalue weighted by Gasteiger charge is -2.40. The Morgan fingerprint density at radius 3 is 3.00 bits per heavy atom. The lowest BCUT2D eigenvalue weighted by Crippen LogP contribution is -2.55. The molecule has 1 saturated heterocycles. The number of fused-ring (bicyclic) bond motifs is 1. The second-order valence-electron chi connectivity index (χ2n) is 6.25. The molecule has 1 aromatic heterocycles. The number of hydrogen-bond acceptors (Lipinski definition) is 3. The molecule has 0 spiro atoms. The third-order valence-corrected chi connectivity index (χ3v) is 4.80. The summed E-state index contributed by atoms with van der Waals surface area (Å²) < 4.78 is 0. The normalized spacial score (nSPS) is 29.8. The number of rotatable bonds is 3. The molecule has 2 heterocycles. The van der Waals surface area contributed by atoms with E-state index in [1.54, 1.807) is 6.20 Å². The Kier molecular flexibility index (Phi) is 4.05. The van der Waals surface area contributed by atoms with Crippen LogP contribution >= 0.6 is 0 Å². The molecule has 0 aromatic carbocycles. The quantitative estimate of drug-likeness (QED) is 0.883. The van der Waals surface area contributed by atoms with Crippen molar-refractivity contribution in [2.24, 2.45) is 5.92 Å². The largest absolute Gasteiger partial charge is 0.340 e. The minimum Gasteiger partial charge on any atom is -0.340 e. The van der Waals surface area contributed by atoms with Crippen LogP contribution in [0.4, 0.5) is 0 Å². The van der Waals surface area contributed by atoms with Crippen molar-refractivity contribution in [2.75, 3.05) is 7.05 Å². The Morgan fingerprint density at radius 2 is 2.20 bits per heavy atom. The van der Waals surface area contributed by atoms with E-state index in [4.69, 9.17) is 0 Å². The van der Waals surface area contributed by atoms with E-state index < -0.39 is 0 Å². The van der Waals surface area contributed by atoms with E-state index in [-0.39, 0.29) is 11.9 Å². The number of likely N-dealkylation sites (N-methyl/N-ethyl adjacent to an activating group) is 1. The summed E-state index contributed by atoms with van der Waals surface area (Å²) >= 11 is 0. The van der Waals surface area contributed by atoms with Crippen LogP contribution in [0.5, 0.6) is 0 Å². The standard InChI is InChI=1S/C15H24N4O/c1-19(10-11-8-16-17-9-11)15(20)14-7-6-12-4-2-3-5-13(12)18-14/h8-9,12-14,18H,2-7,10H2,1H3,(H,16,17). The Balaban J connectivity index is 1.56. The van der Waals surface area contributed by atoms with Crippen LogP contribution in [0.3, 0.4) is 0 Å². The molecule has 3 unspecified atom stereocenters. The van der Waals surface area contributed by atoms with Gasteiger partial charge in [-0.2, -0.15) is 5.10 Å². The second-order valence-corrected chi connectivity index (χ2v) is 6.25. The molecule has 0 bridgehead atoms. The number of aromatic amines is 1. The van der Waals surface area contributed by atoms with E-state index in [9.17, 15) is 4.79 Å². The van der Waals surface area contributed by atoms with Gasteiger partial charge in [0.25, 0.3) is 0 Å². The summed E-state index contributed by atoms with van der Waals surface area (Å²) in [7, 11) is 1.88. The highest BCUT2D eigenvalue weighted by molar-refractivity contribution is 5.81. The van der Waals surface area contributed by atoms with Crippen LogP contribution in [0.1, 0.15) is 44.1 Å². The zero-order chi connectivity index (χ0) is 13.9. The number of nitrogens with one attached hydrogen (secondary N) is 2. The third-order valence-electron chi connectivity index (χ3n) is 4.80. The van der Waals surface area contributed by atoms with Crippen LogP contribution in [0.15, 0.2) is 12.4 Å². The predicted octanol–water partition coefficient (Wildman–Crippen LogP) is 1.68. The molecule has 3 rings (SSSR count). The van der Waals surface area contributed by atoms with Gasteiger partial charge in [0.2, 0.25) is 5.91 Å². The molecule has 110 valence electrons. The van der Waals surface area contributed by atoms with E-state index in [1.807, 2.05) is 18.1 Å². The Bertz CT molecular complexity index is 445. The van der Waals surface area contributed by atoms with Crippen LogP contribution in [0.2, 0.25) is 0 Å². The summed E-state index contributed by atoms with van der Waals surface area (Å²) in [5.74, 6) is 1.02. The molecule has 0 radical (unpaired) electrons. The molecule has 1 aliphatic heterocycles. The maximum absolute atomic E-state index is 12.5.